The Labute approximate surface area is 105 Å². The van der Waals surface area contributed by atoms with Crippen LogP contribution in [0.25, 0.3) is 0 Å². The van der Waals surface area contributed by atoms with Crippen molar-refractivity contribution in [1.82, 2.24) is 15.0 Å². The van der Waals surface area contributed by atoms with Gasteiger partial charge in [0.1, 0.15) is 0 Å². The zero-order chi connectivity index (χ0) is 12.3. The fourth-order valence-electron chi connectivity index (χ4n) is 1.76. The highest BCUT2D eigenvalue weighted by molar-refractivity contribution is 6.28. The van der Waals surface area contributed by atoms with E-state index in [0.29, 0.717) is 11.9 Å². The first-order chi connectivity index (χ1) is 8.19. The number of nitrogens with one attached hydrogen (secondary N) is 1. The van der Waals surface area contributed by atoms with Gasteiger partial charge in [-0.2, -0.15) is 15.0 Å². The topological polar surface area (TPSA) is 69.2 Å². The van der Waals surface area contributed by atoms with Gasteiger partial charge in [0.25, 0.3) is 0 Å². The maximum Gasteiger partial charge on any atom is 0.322 e. The lowest BCUT2D eigenvalue weighted by atomic mass is 10.0. The molecular formula is C10H15ClN4O2. The number of nitrogens with zero attached hydrogens (tertiary/aromatic N) is 3. The van der Waals surface area contributed by atoms with Crippen molar-refractivity contribution >= 4 is 17.5 Å². The van der Waals surface area contributed by atoms with Crippen LogP contribution in [-0.4, -0.2) is 41.3 Å². The second-order valence-electron chi connectivity index (χ2n) is 3.97. The quantitative estimate of drug-likeness (QED) is 0.880. The van der Waals surface area contributed by atoms with E-state index in [-0.39, 0.29) is 17.3 Å². The van der Waals surface area contributed by atoms with Gasteiger partial charge in [0.2, 0.25) is 11.2 Å². The lowest BCUT2D eigenvalue weighted by Gasteiger charge is -2.19. The van der Waals surface area contributed by atoms with E-state index in [9.17, 15) is 0 Å². The molecule has 0 amide bonds. The van der Waals surface area contributed by atoms with Crippen molar-refractivity contribution in [3.63, 3.8) is 0 Å². The minimum Gasteiger partial charge on any atom is -0.467 e. The fourth-order valence-corrected chi connectivity index (χ4v) is 1.91. The first-order valence-corrected chi connectivity index (χ1v) is 5.86. The minimum absolute atomic E-state index is 0.120. The molecule has 2 atom stereocenters. The lowest BCUT2D eigenvalue weighted by molar-refractivity contribution is 0.183. The summed E-state index contributed by atoms with van der Waals surface area (Å²) in [6.07, 6.45) is 1.05. The lowest BCUT2D eigenvalue weighted by Crippen LogP contribution is -2.27. The van der Waals surface area contributed by atoms with Crippen molar-refractivity contribution in [3.05, 3.63) is 5.28 Å². The molecule has 1 aliphatic heterocycles. The number of halogens is 1. The molecule has 0 aromatic carbocycles. The number of methoxy groups -OCH3 is 1. The van der Waals surface area contributed by atoms with Crippen LogP contribution >= 0.6 is 11.6 Å². The van der Waals surface area contributed by atoms with Crippen LogP contribution in [0.3, 0.4) is 0 Å². The molecule has 0 radical (unpaired) electrons. The van der Waals surface area contributed by atoms with E-state index in [2.05, 4.69) is 27.2 Å². The number of hydrogen-bond acceptors (Lipinski definition) is 6. The van der Waals surface area contributed by atoms with Gasteiger partial charge in [0, 0.05) is 18.6 Å². The molecule has 6 nitrogen and oxygen atoms in total. The number of anilines is 1. The van der Waals surface area contributed by atoms with E-state index < -0.39 is 0 Å². The SMILES string of the molecule is COc1nc(Cl)nc(NC(C)C2CCOC2)n1. The molecule has 1 aromatic rings. The van der Waals surface area contributed by atoms with Crippen molar-refractivity contribution in [1.29, 1.82) is 0 Å². The van der Waals surface area contributed by atoms with Crippen LogP contribution in [0.1, 0.15) is 13.3 Å². The highest BCUT2D eigenvalue weighted by atomic mass is 35.5. The smallest absolute Gasteiger partial charge is 0.322 e. The van der Waals surface area contributed by atoms with E-state index in [0.717, 1.165) is 19.6 Å². The van der Waals surface area contributed by atoms with Crippen LogP contribution in [-0.2, 0) is 4.74 Å². The first-order valence-electron chi connectivity index (χ1n) is 5.49. The molecule has 17 heavy (non-hydrogen) atoms. The molecule has 7 heteroatoms. The summed E-state index contributed by atoms with van der Waals surface area (Å²) < 4.78 is 10.3. The summed E-state index contributed by atoms with van der Waals surface area (Å²) in [5, 5.41) is 3.31. The first kappa shape index (κ1) is 12.3. The van der Waals surface area contributed by atoms with E-state index >= 15 is 0 Å². The number of hydrogen-bond donors (Lipinski definition) is 1. The van der Waals surface area contributed by atoms with Crippen LogP contribution in [0.2, 0.25) is 5.28 Å². The van der Waals surface area contributed by atoms with E-state index in [4.69, 9.17) is 21.1 Å². The Morgan fingerprint density at radius 2 is 2.29 bits per heavy atom. The third-order valence-corrected chi connectivity index (χ3v) is 2.97. The Bertz CT molecular complexity index is 385. The average molecular weight is 259 g/mol. The van der Waals surface area contributed by atoms with Crippen LogP contribution in [0, 0.1) is 5.92 Å². The third-order valence-electron chi connectivity index (χ3n) is 2.80. The Kier molecular flexibility index (Phi) is 3.96. The van der Waals surface area contributed by atoms with E-state index in [1.807, 2.05) is 0 Å². The van der Waals surface area contributed by atoms with Crippen molar-refractivity contribution in [2.24, 2.45) is 5.92 Å². The van der Waals surface area contributed by atoms with Gasteiger partial charge in [-0.05, 0) is 24.9 Å². The molecule has 1 N–H and O–H groups in total. The monoisotopic (exact) mass is 258 g/mol. The van der Waals surface area contributed by atoms with Gasteiger partial charge in [-0.1, -0.05) is 0 Å². The maximum absolute atomic E-state index is 5.76. The zero-order valence-corrected chi connectivity index (χ0v) is 10.6. The van der Waals surface area contributed by atoms with Crippen LogP contribution in [0.15, 0.2) is 0 Å². The van der Waals surface area contributed by atoms with Gasteiger partial charge in [-0.25, -0.2) is 0 Å². The van der Waals surface area contributed by atoms with Gasteiger partial charge in [-0.15, -0.1) is 0 Å². The number of rotatable bonds is 4. The van der Waals surface area contributed by atoms with Gasteiger partial charge >= 0.3 is 6.01 Å². The molecular weight excluding hydrogens is 244 g/mol. The molecule has 1 saturated heterocycles. The summed E-state index contributed by atoms with van der Waals surface area (Å²) in [7, 11) is 1.49. The van der Waals surface area contributed by atoms with Gasteiger partial charge in [0.15, 0.2) is 0 Å². The molecule has 1 aromatic heterocycles. The predicted molar refractivity (Wildman–Crippen MR) is 63.4 cm³/mol. The second kappa shape index (κ2) is 5.46. The van der Waals surface area contributed by atoms with Crippen LogP contribution < -0.4 is 10.1 Å². The minimum atomic E-state index is 0.120. The molecule has 94 valence electrons. The Morgan fingerprint density at radius 3 is 2.94 bits per heavy atom. The summed E-state index contributed by atoms with van der Waals surface area (Å²) in [4.78, 5) is 11.9. The fraction of sp³-hybridized carbons (Fsp3) is 0.700. The summed E-state index contributed by atoms with van der Waals surface area (Å²) in [5.74, 6) is 0.901. The average Bonchev–Trinajstić information content (AvgIpc) is 2.81. The Morgan fingerprint density at radius 1 is 1.47 bits per heavy atom. The Hall–Kier alpha value is -1.14. The summed E-state index contributed by atoms with van der Waals surface area (Å²) in [6, 6.07) is 0.433. The molecule has 1 fully saturated rings. The predicted octanol–water partition coefficient (Wildman–Crippen LogP) is 1.37. The highest BCUT2D eigenvalue weighted by Gasteiger charge is 2.23. The molecule has 2 heterocycles. The second-order valence-corrected chi connectivity index (χ2v) is 4.31. The summed E-state index contributed by atoms with van der Waals surface area (Å²) in [6.45, 7) is 3.66. The van der Waals surface area contributed by atoms with Crippen molar-refractivity contribution < 1.29 is 9.47 Å². The largest absolute Gasteiger partial charge is 0.467 e. The van der Waals surface area contributed by atoms with Crippen molar-refractivity contribution in [2.45, 2.75) is 19.4 Å². The van der Waals surface area contributed by atoms with Crippen LogP contribution in [0.4, 0.5) is 5.95 Å². The van der Waals surface area contributed by atoms with Crippen LogP contribution in [0.5, 0.6) is 6.01 Å². The maximum atomic E-state index is 5.76. The molecule has 0 saturated carbocycles. The molecule has 2 rings (SSSR count). The standard InChI is InChI=1S/C10H15ClN4O2/c1-6(7-3-4-17-5-7)12-9-13-8(11)14-10(15-9)16-2/h6-7H,3-5H2,1-2H3,(H,12,13,14,15). The third kappa shape index (κ3) is 3.17. The number of aromatic nitrogens is 3. The molecule has 0 spiro atoms. The summed E-state index contributed by atoms with van der Waals surface area (Å²) >= 11 is 5.76. The molecule has 0 aliphatic carbocycles. The van der Waals surface area contributed by atoms with Crippen molar-refractivity contribution in [3.8, 4) is 6.01 Å². The summed E-state index contributed by atoms with van der Waals surface area (Å²) in [5.41, 5.74) is 0. The highest BCUT2D eigenvalue weighted by Crippen LogP contribution is 2.20. The number of ether oxygens (including phenoxy) is 2. The van der Waals surface area contributed by atoms with E-state index in [1.54, 1.807) is 0 Å². The zero-order valence-electron chi connectivity index (χ0n) is 9.81. The van der Waals surface area contributed by atoms with E-state index in [1.165, 1.54) is 7.11 Å². The van der Waals surface area contributed by atoms with Crippen molar-refractivity contribution in [2.75, 3.05) is 25.6 Å². The van der Waals surface area contributed by atoms with Gasteiger partial charge in [0.05, 0.1) is 13.7 Å². The van der Waals surface area contributed by atoms with Gasteiger partial charge < -0.3 is 14.8 Å². The Balaban J connectivity index is 2.04. The molecule has 1 aliphatic rings. The molecule has 0 bridgehead atoms. The molecule has 2 unspecified atom stereocenters. The normalized spacial score (nSPS) is 21.2. The van der Waals surface area contributed by atoms with Gasteiger partial charge in [-0.3, -0.25) is 0 Å².